The molecule has 1 aromatic heterocycles. The average molecular weight is 304 g/mol. The summed E-state index contributed by atoms with van der Waals surface area (Å²) in [4.78, 5) is 0. The van der Waals surface area contributed by atoms with E-state index in [-0.39, 0.29) is 6.16 Å². The number of hydrogen-bond donors (Lipinski definition) is 0. The van der Waals surface area contributed by atoms with Crippen molar-refractivity contribution in [2.45, 2.75) is 33.2 Å². The van der Waals surface area contributed by atoms with E-state index >= 15 is 0 Å². The van der Waals surface area contributed by atoms with Gasteiger partial charge in [0, 0.05) is 5.56 Å². The van der Waals surface area contributed by atoms with E-state index in [0.717, 1.165) is 5.56 Å². The minimum atomic E-state index is -3.13. The Morgan fingerprint density at radius 3 is 2.40 bits per heavy atom. The number of rotatable bonds is 7. The Morgan fingerprint density at radius 2 is 1.85 bits per heavy atom. The standard InChI is InChI=1S/C13H21O6P/c1-4-17-20(14,18-5-2)9-11-8-12(19-10(11)3)13-15-6-7-16-13/h8,13H,4-7,9H2,1-3H3. The summed E-state index contributed by atoms with van der Waals surface area (Å²) in [6.45, 7) is 7.19. The maximum atomic E-state index is 12.5. The Kier molecular flexibility index (Phi) is 5.41. The van der Waals surface area contributed by atoms with Gasteiger partial charge in [-0.25, -0.2) is 0 Å². The molecule has 0 N–H and O–H groups in total. The van der Waals surface area contributed by atoms with Crippen LogP contribution in [0.15, 0.2) is 10.5 Å². The van der Waals surface area contributed by atoms with E-state index in [1.165, 1.54) is 0 Å². The van der Waals surface area contributed by atoms with Gasteiger partial charge < -0.3 is 22.9 Å². The Morgan fingerprint density at radius 1 is 1.25 bits per heavy atom. The lowest BCUT2D eigenvalue weighted by molar-refractivity contribution is -0.0592. The van der Waals surface area contributed by atoms with E-state index < -0.39 is 13.9 Å². The normalized spacial score (nSPS) is 16.9. The van der Waals surface area contributed by atoms with Crippen molar-refractivity contribution < 1.29 is 27.5 Å². The second kappa shape index (κ2) is 6.87. The molecule has 0 bridgehead atoms. The molecule has 0 spiro atoms. The van der Waals surface area contributed by atoms with E-state index in [1.807, 2.05) is 6.92 Å². The van der Waals surface area contributed by atoms with Crippen LogP contribution in [0.3, 0.4) is 0 Å². The second-order valence-electron chi connectivity index (χ2n) is 4.41. The summed E-state index contributed by atoms with van der Waals surface area (Å²) < 4.78 is 39.5. The van der Waals surface area contributed by atoms with Crippen LogP contribution < -0.4 is 0 Å². The largest absolute Gasteiger partial charge is 0.461 e. The van der Waals surface area contributed by atoms with Gasteiger partial charge in [0.05, 0.1) is 32.6 Å². The topological polar surface area (TPSA) is 67.1 Å². The molecule has 0 radical (unpaired) electrons. The fraction of sp³-hybridized carbons (Fsp3) is 0.692. The molecule has 2 rings (SSSR count). The summed E-state index contributed by atoms with van der Waals surface area (Å²) in [5.74, 6) is 1.27. The third kappa shape index (κ3) is 3.71. The molecule has 0 atom stereocenters. The van der Waals surface area contributed by atoms with Gasteiger partial charge in [0.1, 0.15) is 5.76 Å². The van der Waals surface area contributed by atoms with E-state index in [2.05, 4.69) is 0 Å². The summed E-state index contributed by atoms with van der Waals surface area (Å²) in [5, 5.41) is 0. The lowest BCUT2D eigenvalue weighted by atomic mass is 10.3. The van der Waals surface area contributed by atoms with Gasteiger partial charge >= 0.3 is 7.60 Å². The Labute approximate surface area is 118 Å². The lowest BCUT2D eigenvalue weighted by Gasteiger charge is -2.16. The molecule has 6 nitrogen and oxygen atoms in total. The molecule has 7 heteroatoms. The van der Waals surface area contributed by atoms with Crippen molar-refractivity contribution in [2.75, 3.05) is 26.4 Å². The minimum absolute atomic E-state index is 0.191. The third-order valence-electron chi connectivity index (χ3n) is 2.91. The predicted molar refractivity (Wildman–Crippen MR) is 72.7 cm³/mol. The summed E-state index contributed by atoms with van der Waals surface area (Å²) in [6, 6.07) is 1.80. The van der Waals surface area contributed by atoms with Crippen LogP contribution in [-0.4, -0.2) is 26.4 Å². The molecule has 1 aromatic rings. The van der Waals surface area contributed by atoms with Crippen molar-refractivity contribution in [1.82, 2.24) is 0 Å². The van der Waals surface area contributed by atoms with Crippen LogP contribution in [-0.2, 0) is 29.2 Å². The van der Waals surface area contributed by atoms with Crippen molar-refractivity contribution in [3.05, 3.63) is 23.2 Å². The first-order valence-corrected chi connectivity index (χ1v) is 8.51. The predicted octanol–water partition coefficient (Wildman–Crippen LogP) is 3.40. The van der Waals surface area contributed by atoms with Crippen molar-refractivity contribution in [3.63, 3.8) is 0 Å². The first-order valence-electron chi connectivity index (χ1n) is 6.78. The summed E-state index contributed by atoms with van der Waals surface area (Å²) >= 11 is 0. The zero-order valence-electron chi connectivity index (χ0n) is 12.1. The molecule has 1 aliphatic heterocycles. The van der Waals surface area contributed by atoms with Crippen LogP contribution in [0.25, 0.3) is 0 Å². The second-order valence-corrected chi connectivity index (χ2v) is 6.46. The zero-order valence-corrected chi connectivity index (χ0v) is 13.0. The van der Waals surface area contributed by atoms with Gasteiger partial charge in [-0.3, -0.25) is 4.57 Å². The maximum Gasteiger partial charge on any atom is 0.335 e. The van der Waals surface area contributed by atoms with Gasteiger partial charge in [0.2, 0.25) is 6.29 Å². The monoisotopic (exact) mass is 304 g/mol. The van der Waals surface area contributed by atoms with E-state index in [4.69, 9.17) is 22.9 Å². The summed E-state index contributed by atoms with van der Waals surface area (Å²) in [7, 11) is -3.13. The van der Waals surface area contributed by atoms with E-state index in [0.29, 0.717) is 37.9 Å². The Bertz CT molecular complexity index is 467. The van der Waals surface area contributed by atoms with E-state index in [9.17, 15) is 4.57 Å². The highest BCUT2D eigenvalue weighted by molar-refractivity contribution is 7.53. The smallest absolute Gasteiger partial charge is 0.335 e. The molecule has 114 valence electrons. The van der Waals surface area contributed by atoms with Crippen LogP contribution in [0.5, 0.6) is 0 Å². The van der Waals surface area contributed by atoms with Gasteiger partial charge in [0.25, 0.3) is 0 Å². The highest BCUT2D eigenvalue weighted by Gasteiger charge is 2.29. The average Bonchev–Trinajstić information content (AvgIpc) is 3.00. The van der Waals surface area contributed by atoms with Gasteiger partial charge in [0.15, 0.2) is 5.76 Å². The van der Waals surface area contributed by atoms with Gasteiger partial charge in [-0.1, -0.05) is 0 Å². The fourth-order valence-corrected chi connectivity index (χ4v) is 3.85. The molecule has 2 heterocycles. The molecule has 0 aromatic carbocycles. The Hall–Kier alpha value is -0.650. The molecule has 0 unspecified atom stereocenters. The summed E-state index contributed by atoms with van der Waals surface area (Å²) in [5.41, 5.74) is 0.796. The van der Waals surface area contributed by atoms with Crippen molar-refractivity contribution in [2.24, 2.45) is 0 Å². The highest BCUT2D eigenvalue weighted by Crippen LogP contribution is 2.52. The fourth-order valence-electron chi connectivity index (χ4n) is 2.07. The van der Waals surface area contributed by atoms with Crippen LogP contribution in [0.4, 0.5) is 0 Å². The highest BCUT2D eigenvalue weighted by atomic mass is 31.2. The number of aryl methyl sites for hydroxylation is 1. The van der Waals surface area contributed by atoms with Crippen LogP contribution in [0, 0.1) is 6.92 Å². The molecule has 0 amide bonds. The zero-order chi connectivity index (χ0) is 14.6. The molecule has 1 aliphatic rings. The quantitative estimate of drug-likeness (QED) is 0.719. The third-order valence-corrected chi connectivity index (χ3v) is 4.94. The maximum absolute atomic E-state index is 12.5. The number of furan rings is 1. The molecule has 1 saturated heterocycles. The minimum Gasteiger partial charge on any atom is -0.461 e. The number of ether oxygens (including phenoxy) is 2. The lowest BCUT2D eigenvalue weighted by Crippen LogP contribution is -1.99. The van der Waals surface area contributed by atoms with Crippen molar-refractivity contribution in [3.8, 4) is 0 Å². The Balaban J connectivity index is 2.13. The molecular formula is C13H21O6P. The SMILES string of the molecule is CCOP(=O)(Cc1cc(C2OCCO2)oc1C)OCC. The van der Waals surface area contributed by atoms with Crippen LogP contribution in [0.1, 0.15) is 37.2 Å². The van der Waals surface area contributed by atoms with Crippen LogP contribution in [0.2, 0.25) is 0 Å². The molecule has 1 fully saturated rings. The number of hydrogen-bond acceptors (Lipinski definition) is 6. The first kappa shape index (κ1) is 15.7. The van der Waals surface area contributed by atoms with Crippen LogP contribution >= 0.6 is 7.60 Å². The van der Waals surface area contributed by atoms with Crippen molar-refractivity contribution in [1.29, 1.82) is 0 Å². The van der Waals surface area contributed by atoms with Gasteiger partial charge in [-0.05, 0) is 26.8 Å². The first-order chi connectivity index (χ1) is 9.58. The van der Waals surface area contributed by atoms with Crippen molar-refractivity contribution >= 4 is 7.60 Å². The molecule has 0 aliphatic carbocycles. The molecular weight excluding hydrogens is 283 g/mol. The molecule has 20 heavy (non-hydrogen) atoms. The summed E-state index contributed by atoms with van der Waals surface area (Å²) in [6.07, 6.45) is -0.280. The van der Waals surface area contributed by atoms with Gasteiger partial charge in [-0.15, -0.1) is 0 Å². The molecule has 0 saturated carbocycles. The van der Waals surface area contributed by atoms with E-state index in [1.54, 1.807) is 19.9 Å². The van der Waals surface area contributed by atoms with Gasteiger partial charge in [-0.2, -0.15) is 0 Å².